The van der Waals surface area contributed by atoms with E-state index >= 15 is 0 Å². The van der Waals surface area contributed by atoms with E-state index < -0.39 is 0 Å². The summed E-state index contributed by atoms with van der Waals surface area (Å²) >= 11 is 5.58. The third-order valence-corrected chi connectivity index (χ3v) is 1.79. The number of oxime groups is 1. The van der Waals surface area contributed by atoms with Gasteiger partial charge >= 0.3 is 0 Å². The van der Waals surface area contributed by atoms with Gasteiger partial charge in [-0.2, -0.15) is 0 Å². The Balaban J connectivity index is 2.81. The van der Waals surface area contributed by atoms with Crippen LogP contribution in [0.2, 0.25) is 0 Å². The molecule has 3 nitrogen and oxygen atoms in total. The molecule has 0 fully saturated rings. The van der Waals surface area contributed by atoms with Crippen LogP contribution in [0.5, 0.6) is 5.75 Å². The number of hydrogen-bond acceptors (Lipinski definition) is 3. The summed E-state index contributed by atoms with van der Waals surface area (Å²) in [5, 5.41) is 11.3. The first-order valence-corrected chi connectivity index (χ1v) is 4.26. The van der Waals surface area contributed by atoms with Gasteiger partial charge in [0.05, 0.1) is 6.61 Å². The molecule has 0 bridgehead atoms. The van der Waals surface area contributed by atoms with E-state index in [9.17, 15) is 0 Å². The van der Waals surface area contributed by atoms with Crippen LogP contribution in [-0.2, 0) is 0 Å². The van der Waals surface area contributed by atoms with Crippen molar-refractivity contribution in [2.24, 2.45) is 5.16 Å². The van der Waals surface area contributed by atoms with Crippen molar-refractivity contribution in [3.8, 4) is 5.75 Å². The van der Waals surface area contributed by atoms with Crippen molar-refractivity contribution in [1.29, 1.82) is 0 Å². The van der Waals surface area contributed by atoms with E-state index in [1.807, 2.05) is 6.92 Å². The smallest absolute Gasteiger partial charge is 0.175 e. The monoisotopic (exact) mass is 199 g/mol. The van der Waals surface area contributed by atoms with Crippen LogP contribution in [0.4, 0.5) is 0 Å². The largest absolute Gasteiger partial charge is 0.494 e. The Morgan fingerprint density at radius 1 is 1.46 bits per heavy atom. The molecule has 0 aliphatic rings. The summed E-state index contributed by atoms with van der Waals surface area (Å²) in [7, 11) is 0. The van der Waals surface area contributed by atoms with Crippen LogP contribution in [0.3, 0.4) is 0 Å². The lowest BCUT2D eigenvalue weighted by molar-refractivity contribution is 0.320. The molecule has 0 saturated heterocycles. The number of ether oxygens (including phenoxy) is 1. The number of hydrogen-bond donors (Lipinski definition) is 1. The highest BCUT2D eigenvalue weighted by atomic mass is 35.5. The molecule has 0 aliphatic heterocycles. The van der Waals surface area contributed by atoms with Gasteiger partial charge in [0.1, 0.15) is 5.75 Å². The average Bonchev–Trinajstić information content (AvgIpc) is 2.18. The quantitative estimate of drug-likeness (QED) is 0.462. The predicted octanol–water partition coefficient (Wildman–Crippen LogP) is 2.46. The first-order valence-electron chi connectivity index (χ1n) is 3.88. The molecule has 1 rings (SSSR count). The Morgan fingerprint density at radius 2 is 2.08 bits per heavy atom. The number of benzene rings is 1. The molecule has 4 heteroatoms. The molecule has 1 aromatic carbocycles. The van der Waals surface area contributed by atoms with Crippen LogP contribution in [0.25, 0.3) is 0 Å². The van der Waals surface area contributed by atoms with Gasteiger partial charge in [-0.1, -0.05) is 16.8 Å². The van der Waals surface area contributed by atoms with Gasteiger partial charge in [0, 0.05) is 5.56 Å². The minimum Gasteiger partial charge on any atom is -0.494 e. The summed E-state index contributed by atoms with van der Waals surface area (Å²) in [5.41, 5.74) is 0.660. The summed E-state index contributed by atoms with van der Waals surface area (Å²) in [6.45, 7) is 2.54. The molecule has 0 atom stereocenters. The summed E-state index contributed by atoms with van der Waals surface area (Å²) in [5.74, 6) is 0.772. The molecule has 0 saturated carbocycles. The first-order chi connectivity index (χ1) is 6.27. The Labute approximate surface area is 81.6 Å². The third-order valence-electron chi connectivity index (χ3n) is 1.49. The van der Waals surface area contributed by atoms with Gasteiger partial charge in [0.2, 0.25) is 0 Å². The fourth-order valence-electron chi connectivity index (χ4n) is 0.913. The van der Waals surface area contributed by atoms with E-state index in [1.165, 1.54) is 0 Å². The van der Waals surface area contributed by atoms with Crippen LogP contribution >= 0.6 is 11.6 Å². The molecular weight excluding hydrogens is 190 g/mol. The van der Waals surface area contributed by atoms with Crippen molar-refractivity contribution in [3.05, 3.63) is 29.8 Å². The second-order valence-corrected chi connectivity index (χ2v) is 2.71. The highest BCUT2D eigenvalue weighted by Crippen LogP contribution is 2.13. The van der Waals surface area contributed by atoms with Gasteiger partial charge in [-0.3, -0.25) is 0 Å². The van der Waals surface area contributed by atoms with E-state index in [4.69, 9.17) is 21.5 Å². The lowest BCUT2D eigenvalue weighted by Gasteiger charge is -2.02. The maximum absolute atomic E-state index is 8.39. The second kappa shape index (κ2) is 4.72. The number of rotatable bonds is 3. The van der Waals surface area contributed by atoms with Gasteiger partial charge in [0.15, 0.2) is 5.17 Å². The molecular formula is C9H10ClNO2. The van der Waals surface area contributed by atoms with Crippen LogP contribution in [0.15, 0.2) is 29.4 Å². The topological polar surface area (TPSA) is 41.8 Å². The Bertz CT molecular complexity index is 295. The standard InChI is InChI=1S/C9H10ClNO2/c1-2-13-8-5-3-7(4-6-8)9(10)11-12/h3-6,12H,2H2,1H3/b11-9-. The van der Waals surface area contributed by atoms with Crippen molar-refractivity contribution in [2.75, 3.05) is 6.61 Å². The molecule has 13 heavy (non-hydrogen) atoms. The van der Waals surface area contributed by atoms with Gasteiger partial charge in [-0.25, -0.2) is 0 Å². The second-order valence-electron chi connectivity index (χ2n) is 2.35. The SMILES string of the molecule is CCOc1ccc(/C(Cl)=N/O)cc1. The molecule has 1 N–H and O–H groups in total. The molecule has 0 aliphatic carbocycles. The maximum Gasteiger partial charge on any atom is 0.175 e. The first kappa shape index (κ1) is 9.86. The van der Waals surface area contributed by atoms with Crippen molar-refractivity contribution >= 4 is 16.8 Å². The summed E-state index contributed by atoms with van der Waals surface area (Å²) in [6.07, 6.45) is 0. The molecule has 0 heterocycles. The van der Waals surface area contributed by atoms with Gasteiger partial charge in [-0.15, -0.1) is 0 Å². The molecule has 0 aromatic heterocycles. The zero-order chi connectivity index (χ0) is 9.68. The van der Waals surface area contributed by atoms with Crippen molar-refractivity contribution < 1.29 is 9.94 Å². The number of halogens is 1. The fourth-order valence-corrected chi connectivity index (χ4v) is 1.04. The third kappa shape index (κ3) is 2.63. The van der Waals surface area contributed by atoms with Gasteiger partial charge < -0.3 is 9.94 Å². The number of nitrogens with zero attached hydrogens (tertiary/aromatic N) is 1. The van der Waals surface area contributed by atoms with Crippen molar-refractivity contribution in [1.82, 2.24) is 0 Å². The molecule has 0 spiro atoms. The summed E-state index contributed by atoms with van der Waals surface area (Å²) in [6, 6.07) is 7.00. The maximum atomic E-state index is 8.39. The minimum absolute atomic E-state index is 0.0723. The van der Waals surface area contributed by atoms with Crippen LogP contribution in [-0.4, -0.2) is 17.0 Å². The van der Waals surface area contributed by atoms with E-state index in [-0.39, 0.29) is 5.17 Å². The lowest BCUT2D eigenvalue weighted by atomic mass is 10.2. The van der Waals surface area contributed by atoms with Gasteiger partial charge in [0.25, 0.3) is 0 Å². The molecule has 0 radical (unpaired) electrons. The molecule has 70 valence electrons. The lowest BCUT2D eigenvalue weighted by Crippen LogP contribution is -1.93. The average molecular weight is 200 g/mol. The van der Waals surface area contributed by atoms with Crippen molar-refractivity contribution in [2.45, 2.75) is 6.92 Å². The predicted molar refractivity (Wildman–Crippen MR) is 51.8 cm³/mol. The summed E-state index contributed by atoms with van der Waals surface area (Å²) < 4.78 is 5.23. The zero-order valence-electron chi connectivity index (χ0n) is 7.20. The normalized spacial score (nSPS) is 11.4. The van der Waals surface area contributed by atoms with Crippen LogP contribution in [0.1, 0.15) is 12.5 Å². The minimum atomic E-state index is 0.0723. The van der Waals surface area contributed by atoms with E-state index in [2.05, 4.69) is 5.16 Å². The van der Waals surface area contributed by atoms with Crippen LogP contribution < -0.4 is 4.74 Å². The molecule has 0 unspecified atom stereocenters. The van der Waals surface area contributed by atoms with E-state index in [0.717, 1.165) is 5.75 Å². The Kier molecular flexibility index (Phi) is 3.58. The summed E-state index contributed by atoms with van der Waals surface area (Å²) in [4.78, 5) is 0. The highest BCUT2D eigenvalue weighted by Gasteiger charge is 1.99. The molecule has 1 aromatic rings. The van der Waals surface area contributed by atoms with Crippen molar-refractivity contribution in [3.63, 3.8) is 0 Å². The van der Waals surface area contributed by atoms with Gasteiger partial charge in [-0.05, 0) is 31.2 Å². The van der Waals surface area contributed by atoms with Crippen LogP contribution in [0, 0.1) is 0 Å². The zero-order valence-corrected chi connectivity index (χ0v) is 7.95. The fraction of sp³-hybridized carbons (Fsp3) is 0.222. The highest BCUT2D eigenvalue weighted by molar-refractivity contribution is 6.69. The van der Waals surface area contributed by atoms with E-state index in [0.29, 0.717) is 12.2 Å². The molecule has 0 amide bonds. The Hall–Kier alpha value is -1.22. The van der Waals surface area contributed by atoms with E-state index in [1.54, 1.807) is 24.3 Å². The Morgan fingerprint density at radius 3 is 2.54 bits per heavy atom.